The monoisotopic (exact) mass is 534 g/mol. The van der Waals surface area contributed by atoms with Crippen molar-refractivity contribution in [3.8, 4) is 6.07 Å². The fourth-order valence-corrected chi connectivity index (χ4v) is 5.38. The number of morpholine rings is 1. The van der Waals surface area contributed by atoms with Crippen molar-refractivity contribution in [3.63, 3.8) is 0 Å². The Morgan fingerprint density at radius 2 is 1.66 bits per heavy atom. The molecule has 3 aliphatic heterocycles. The summed E-state index contributed by atoms with van der Waals surface area (Å²) in [5.74, 6) is -0.183. The van der Waals surface area contributed by atoms with Gasteiger partial charge in [0.1, 0.15) is 11.8 Å². The average molecular weight is 535 g/mol. The molecular formula is C27H50N8O3. The second-order valence-corrected chi connectivity index (χ2v) is 12.3. The van der Waals surface area contributed by atoms with Crippen LogP contribution in [0.1, 0.15) is 53.4 Å². The number of urea groups is 1. The number of hydrogen-bond acceptors (Lipinski definition) is 8. The number of piperazine rings is 1. The first kappa shape index (κ1) is 30.6. The van der Waals surface area contributed by atoms with Gasteiger partial charge in [-0.2, -0.15) is 5.26 Å². The molecule has 0 saturated carbocycles. The van der Waals surface area contributed by atoms with Gasteiger partial charge in [-0.3, -0.25) is 15.0 Å². The minimum Gasteiger partial charge on any atom is -0.379 e. The smallest absolute Gasteiger partial charge is 0.319 e. The van der Waals surface area contributed by atoms with Crippen molar-refractivity contribution < 1.29 is 14.3 Å². The van der Waals surface area contributed by atoms with Gasteiger partial charge in [0.05, 0.1) is 25.3 Å². The van der Waals surface area contributed by atoms with Crippen LogP contribution in [0.15, 0.2) is 0 Å². The molecule has 0 bridgehead atoms. The van der Waals surface area contributed by atoms with Gasteiger partial charge < -0.3 is 30.1 Å². The third kappa shape index (κ3) is 9.06. The summed E-state index contributed by atoms with van der Waals surface area (Å²) < 4.78 is 5.55. The van der Waals surface area contributed by atoms with E-state index in [0.29, 0.717) is 58.7 Å². The summed E-state index contributed by atoms with van der Waals surface area (Å²) in [6.07, 6.45) is 2.35. The van der Waals surface area contributed by atoms with Gasteiger partial charge in [-0.1, -0.05) is 27.7 Å². The Balaban J connectivity index is 1.74. The molecular weight excluding hydrogens is 484 g/mol. The quantitative estimate of drug-likeness (QED) is 0.373. The number of likely N-dealkylation sites (N-methyl/N-ethyl adjacent to an activating group) is 1. The molecule has 3 saturated heterocycles. The lowest BCUT2D eigenvalue weighted by Crippen LogP contribution is -2.67. The van der Waals surface area contributed by atoms with E-state index >= 15 is 0 Å². The van der Waals surface area contributed by atoms with Gasteiger partial charge in [0, 0.05) is 52.4 Å². The van der Waals surface area contributed by atoms with Gasteiger partial charge in [-0.25, -0.2) is 4.79 Å². The maximum atomic E-state index is 13.8. The molecule has 0 spiro atoms. The van der Waals surface area contributed by atoms with Crippen LogP contribution < -0.4 is 16.0 Å². The summed E-state index contributed by atoms with van der Waals surface area (Å²) in [6, 6.07) is 1.73. The SMILES string of the molecule is CCCN1CCC(C#N)(NC(=O)C(CC(C)(C)C)NC(NC(=O)N2CCN(C)CC2)N2CCOCC2)CC1. The zero-order chi connectivity index (χ0) is 27.8. The number of rotatable bonds is 9. The van der Waals surface area contributed by atoms with E-state index in [2.05, 4.69) is 71.5 Å². The molecule has 11 heteroatoms. The Labute approximate surface area is 229 Å². The normalized spacial score (nSPS) is 23.3. The molecule has 2 atom stereocenters. The Kier molecular flexibility index (Phi) is 11.2. The molecule has 3 fully saturated rings. The molecule has 0 aromatic rings. The van der Waals surface area contributed by atoms with Crippen LogP contribution in [0.25, 0.3) is 0 Å². The van der Waals surface area contributed by atoms with Crippen LogP contribution in [0.2, 0.25) is 0 Å². The zero-order valence-corrected chi connectivity index (χ0v) is 24.2. The van der Waals surface area contributed by atoms with Crippen LogP contribution in [-0.2, 0) is 9.53 Å². The lowest BCUT2D eigenvalue weighted by atomic mass is 9.85. The number of ether oxygens (including phenoxy) is 1. The topological polar surface area (TPSA) is 116 Å². The van der Waals surface area contributed by atoms with E-state index in [9.17, 15) is 14.9 Å². The van der Waals surface area contributed by atoms with E-state index in [1.54, 1.807) is 0 Å². The highest BCUT2D eigenvalue weighted by Gasteiger charge is 2.39. The number of piperidine rings is 1. The first-order valence-electron chi connectivity index (χ1n) is 14.3. The number of amides is 3. The largest absolute Gasteiger partial charge is 0.379 e. The van der Waals surface area contributed by atoms with Crippen LogP contribution in [0, 0.1) is 16.7 Å². The second-order valence-electron chi connectivity index (χ2n) is 12.3. The van der Waals surface area contributed by atoms with Gasteiger partial charge in [0.15, 0.2) is 0 Å². The average Bonchev–Trinajstić information content (AvgIpc) is 2.89. The molecule has 11 nitrogen and oxygen atoms in total. The number of nitriles is 1. The number of hydrogen-bond donors (Lipinski definition) is 3. The van der Waals surface area contributed by atoms with Gasteiger partial charge in [0.2, 0.25) is 5.91 Å². The molecule has 3 heterocycles. The number of carbonyl (C=O) groups is 2. The molecule has 3 N–H and O–H groups in total. The van der Waals surface area contributed by atoms with Crippen molar-refractivity contribution in [1.82, 2.24) is 35.6 Å². The standard InChI is InChI=1S/C27H50N8O3/c1-6-9-33-10-7-27(21-28,8-11-33)31-23(36)22(20-26(2,3)4)29-24(34-16-18-38-19-17-34)30-25(37)35-14-12-32(5)13-15-35/h22,24,29H,6-20H2,1-5H3,(H,30,37)(H,31,36). The van der Waals surface area contributed by atoms with E-state index < -0.39 is 17.9 Å². The number of likely N-dealkylation sites (tertiary alicyclic amines) is 1. The second kappa shape index (κ2) is 13.9. The maximum Gasteiger partial charge on any atom is 0.319 e. The molecule has 3 amide bonds. The van der Waals surface area contributed by atoms with Crippen molar-refractivity contribution >= 4 is 11.9 Å². The molecule has 216 valence electrons. The first-order valence-corrected chi connectivity index (χ1v) is 14.3. The summed E-state index contributed by atoms with van der Waals surface area (Å²) in [7, 11) is 2.06. The fraction of sp³-hybridized carbons (Fsp3) is 0.889. The molecule has 2 unspecified atom stereocenters. The number of carbonyl (C=O) groups excluding carboxylic acids is 2. The molecule has 0 aromatic carbocycles. The summed E-state index contributed by atoms with van der Waals surface area (Å²) >= 11 is 0. The molecule has 0 aromatic heterocycles. The van der Waals surface area contributed by atoms with Crippen LogP contribution in [0.4, 0.5) is 4.79 Å². The maximum absolute atomic E-state index is 13.8. The Morgan fingerprint density at radius 3 is 2.21 bits per heavy atom. The molecule has 0 radical (unpaired) electrons. The van der Waals surface area contributed by atoms with Crippen LogP contribution in [-0.4, -0.2) is 129 Å². The van der Waals surface area contributed by atoms with Gasteiger partial charge in [0.25, 0.3) is 0 Å². The Morgan fingerprint density at radius 1 is 1.03 bits per heavy atom. The molecule has 3 aliphatic rings. The van der Waals surface area contributed by atoms with E-state index in [0.717, 1.165) is 39.1 Å². The van der Waals surface area contributed by atoms with Crippen molar-refractivity contribution in [2.24, 2.45) is 5.41 Å². The highest BCUT2D eigenvalue weighted by Crippen LogP contribution is 2.25. The summed E-state index contributed by atoms with van der Waals surface area (Å²) in [5, 5.41) is 19.9. The molecule has 0 aliphatic carbocycles. The van der Waals surface area contributed by atoms with Crippen molar-refractivity contribution in [2.75, 3.05) is 79.2 Å². The minimum absolute atomic E-state index is 0.131. The predicted molar refractivity (Wildman–Crippen MR) is 147 cm³/mol. The van der Waals surface area contributed by atoms with Crippen molar-refractivity contribution in [2.45, 2.75) is 71.2 Å². The van der Waals surface area contributed by atoms with Crippen LogP contribution >= 0.6 is 0 Å². The highest BCUT2D eigenvalue weighted by molar-refractivity contribution is 5.83. The molecule has 3 rings (SSSR count). The van der Waals surface area contributed by atoms with Crippen LogP contribution in [0.3, 0.4) is 0 Å². The zero-order valence-electron chi connectivity index (χ0n) is 24.2. The third-order valence-electron chi connectivity index (χ3n) is 7.78. The number of nitrogens with one attached hydrogen (secondary N) is 3. The lowest BCUT2D eigenvalue weighted by molar-refractivity contribution is -0.126. The summed E-state index contributed by atoms with van der Waals surface area (Å²) in [5.41, 5.74) is -1.01. The summed E-state index contributed by atoms with van der Waals surface area (Å²) in [4.78, 5) is 35.6. The number of nitrogens with zero attached hydrogens (tertiary/aromatic N) is 5. The highest BCUT2D eigenvalue weighted by atomic mass is 16.5. The van der Waals surface area contributed by atoms with Crippen LogP contribution in [0.5, 0.6) is 0 Å². The Hall–Kier alpha value is -1.97. The third-order valence-corrected chi connectivity index (χ3v) is 7.78. The lowest BCUT2D eigenvalue weighted by Gasteiger charge is -2.41. The molecule has 38 heavy (non-hydrogen) atoms. The van der Waals surface area contributed by atoms with E-state index in [-0.39, 0.29) is 17.4 Å². The summed E-state index contributed by atoms with van der Waals surface area (Å²) in [6.45, 7) is 16.5. The fourth-order valence-electron chi connectivity index (χ4n) is 5.38. The van der Waals surface area contributed by atoms with Gasteiger partial charge in [-0.15, -0.1) is 0 Å². The van der Waals surface area contributed by atoms with Crippen molar-refractivity contribution in [1.29, 1.82) is 5.26 Å². The Bertz CT molecular complexity index is 804. The predicted octanol–water partition coefficient (Wildman–Crippen LogP) is 0.838. The van der Waals surface area contributed by atoms with Gasteiger partial charge in [-0.05, 0) is 44.7 Å². The van der Waals surface area contributed by atoms with E-state index in [4.69, 9.17) is 4.74 Å². The van der Waals surface area contributed by atoms with Gasteiger partial charge >= 0.3 is 6.03 Å². The minimum atomic E-state index is -0.864. The van der Waals surface area contributed by atoms with Crippen molar-refractivity contribution in [3.05, 3.63) is 0 Å². The van der Waals surface area contributed by atoms with E-state index in [1.807, 2.05) is 4.90 Å². The van der Waals surface area contributed by atoms with E-state index in [1.165, 1.54) is 0 Å². The first-order chi connectivity index (χ1) is 18.0.